The maximum atomic E-state index is 12.2. The number of amides is 1. The van der Waals surface area contributed by atoms with E-state index in [0.717, 1.165) is 40.7 Å². The Bertz CT molecular complexity index is 883. The Balaban J connectivity index is 1.71. The number of carbonyl (C=O) groups excluding carboxylic acids is 1. The molecular weight excluding hydrogens is 344 g/mol. The first-order chi connectivity index (χ1) is 12.6. The number of nitrogens with one attached hydrogen (secondary N) is 1. The van der Waals surface area contributed by atoms with Crippen LogP contribution in [0.4, 0.5) is 5.69 Å². The van der Waals surface area contributed by atoms with Gasteiger partial charge in [0.2, 0.25) is 11.0 Å². The van der Waals surface area contributed by atoms with Crippen molar-refractivity contribution < 1.29 is 4.79 Å². The average molecular weight is 369 g/mol. The van der Waals surface area contributed by atoms with E-state index < -0.39 is 0 Å². The molecule has 0 radical (unpaired) electrons. The van der Waals surface area contributed by atoms with E-state index in [1.54, 1.807) is 0 Å². The number of carbonyl (C=O) groups is 1. The third-order valence-corrected chi connectivity index (χ3v) is 5.21. The number of unbranched alkanes of at least 4 members (excludes halogenated alkanes) is 1. The molecule has 0 aliphatic rings. The van der Waals surface area contributed by atoms with Gasteiger partial charge >= 0.3 is 0 Å². The van der Waals surface area contributed by atoms with Crippen molar-refractivity contribution in [2.75, 3.05) is 5.32 Å². The van der Waals surface area contributed by atoms with Crippen LogP contribution in [0.1, 0.15) is 42.4 Å². The zero-order valence-corrected chi connectivity index (χ0v) is 16.3. The van der Waals surface area contributed by atoms with Crippen molar-refractivity contribution in [2.45, 2.75) is 46.5 Å². The number of aryl methyl sites for hydroxylation is 1. The van der Waals surface area contributed by atoms with E-state index in [9.17, 15) is 4.79 Å². The normalized spacial score (nSPS) is 10.9. The molecule has 3 aromatic rings. The van der Waals surface area contributed by atoms with Gasteiger partial charge in [-0.2, -0.15) is 5.10 Å². The molecule has 0 saturated heterocycles. The molecule has 0 atom stereocenters. The van der Waals surface area contributed by atoms with Crippen LogP contribution in [0.5, 0.6) is 0 Å². The highest BCUT2D eigenvalue weighted by Gasteiger charge is 2.15. The van der Waals surface area contributed by atoms with Gasteiger partial charge in [-0.15, -0.1) is 11.3 Å². The minimum absolute atomic E-state index is 0.0648. The summed E-state index contributed by atoms with van der Waals surface area (Å²) in [6.07, 6.45) is 3.64. The summed E-state index contributed by atoms with van der Waals surface area (Å²) >= 11 is 1.52. The van der Waals surface area contributed by atoms with Gasteiger partial charge in [0.25, 0.3) is 0 Å². The Morgan fingerprint density at radius 1 is 1.23 bits per heavy atom. The van der Waals surface area contributed by atoms with E-state index in [-0.39, 0.29) is 12.3 Å². The fraction of sp³-hybridized carbons (Fsp3) is 0.350. The summed E-state index contributed by atoms with van der Waals surface area (Å²) in [4.78, 5) is 16.8. The second-order valence-corrected chi connectivity index (χ2v) is 7.21. The predicted molar refractivity (Wildman–Crippen MR) is 106 cm³/mol. The van der Waals surface area contributed by atoms with Crippen LogP contribution < -0.4 is 5.32 Å². The van der Waals surface area contributed by atoms with Crippen molar-refractivity contribution in [3.8, 4) is 5.13 Å². The molecule has 2 heterocycles. The molecule has 26 heavy (non-hydrogen) atoms. The number of benzene rings is 1. The van der Waals surface area contributed by atoms with Gasteiger partial charge in [-0.3, -0.25) is 4.79 Å². The molecule has 0 spiro atoms. The molecule has 6 heteroatoms. The van der Waals surface area contributed by atoms with Gasteiger partial charge in [-0.05, 0) is 44.4 Å². The molecule has 0 saturated carbocycles. The maximum absolute atomic E-state index is 12.2. The lowest BCUT2D eigenvalue weighted by Crippen LogP contribution is -2.14. The van der Waals surface area contributed by atoms with Gasteiger partial charge in [-0.25, -0.2) is 9.67 Å². The quantitative estimate of drug-likeness (QED) is 0.669. The highest BCUT2D eigenvalue weighted by Crippen LogP contribution is 2.22. The van der Waals surface area contributed by atoms with Gasteiger partial charge in [0, 0.05) is 16.8 Å². The smallest absolute Gasteiger partial charge is 0.230 e. The second kappa shape index (κ2) is 8.27. The molecule has 3 rings (SSSR count). The third-order valence-electron chi connectivity index (χ3n) is 4.34. The Morgan fingerprint density at radius 2 is 2.00 bits per heavy atom. The minimum atomic E-state index is -0.0648. The van der Waals surface area contributed by atoms with E-state index in [0.29, 0.717) is 0 Å². The summed E-state index contributed by atoms with van der Waals surface area (Å²) in [6.45, 7) is 6.34. The number of aromatic nitrogens is 3. The molecule has 1 aromatic carbocycles. The predicted octanol–water partition coefficient (Wildman–Crippen LogP) is 4.47. The standard InChI is InChI=1S/C20H24N4OS/c1-4-5-11-18-14(2)23-24(15(18)3)20-22-17(13-26-20)12-19(25)21-16-9-7-6-8-10-16/h6-10,13H,4-5,11-12H2,1-3H3,(H,21,25). The van der Waals surface area contributed by atoms with E-state index in [4.69, 9.17) is 0 Å². The van der Waals surface area contributed by atoms with Crippen LogP contribution in [0, 0.1) is 13.8 Å². The summed E-state index contributed by atoms with van der Waals surface area (Å²) in [5.74, 6) is -0.0648. The molecular formula is C20H24N4OS. The average Bonchev–Trinajstić information content (AvgIpc) is 3.18. The van der Waals surface area contributed by atoms with Crippen LogP contribution in [-0.4, -0.2) is 20.7 Å². The first-order valence-corrected chi connectivity index (χ1v) is 9.81. The number of hydrogen-bond donors (Lipinski definition) is 1. The number of rotatable bonds is 7. The highest BCUT2D eigenvalue weighted by molar-refractivity contribution is 7.12. The lowest BCUT2D eigenvalue weighted by molar-refractivity contribution is -0.115. The van der Waals surface area contributed by atoms with E-state index in [2.05, 4.69) is 36.2 Å². The first-order valence-electron chi connectivity index (χ1n) is 8.93. The number of anilines is 1. The van der Waals surface area contributed by atoms with E-state index >= 15 is 0 Å². The molecule has 0 aliphatic carbocycles. The van der Waals surface area contributed by atoms with Crippen LogP contribution >= 0.6 is 11.3 Å². The Morgan fingerprint density at radius 3 is 2.73 bits per heavy atom. The summed E-state index contributed by atoms with van der Waals surface area (Å²) in [6, 6.07) is 9.47. The van der Waals surface area contributed by atoms with Gasteiger partial charge in [0.05, 0.1) is 17.8 Å². The van der Waals surface area contributed by atoms with E-state index in [1.807, 2.05) is 40.4 Å². The third kappa shape index (κ3) is 4.19. The molecule has 0 unspecified atom stereocenters. The summed E-state index contributed by atoms with van der Waals surface area (Å²) < 4.78 is 1.91. The fourth-order valence-electron chi connectivity index (χ4n) is 2.94. The second-order valence-electron chi connectivity index (χ2n) is 6.38. The molecule has 0 fully saturated rings. The number of hydrogen-bond acceptors (Lipinski definition) is 4. The Labute approximate surface area is 158 Å². The lowest BCUT2D eigenvalue weighted by atomic mass is 10.1. The van der Waals surface area contributed by atoms with Crippen molar-refractivity contribution in [1.29, 1.82) is 0 Å². The Kier molecular flexibility index (Phi) is 5.83. The van der Waals surface area contributed by atoms with Gasteiger partial charge in [-0.1, -0.05) is 31.5 Å². The zero-order chi connectivity index (χ0) is 18.5. The summed E-state index contributed by atoms with van der Waals surface area (Å²) in [7, 11) is 0. The van der Waals surface area contributed by atoms with Crippen molar-refractivity contribution in [3.63, 3.8) is 0 Å². The summed E-state index contributed by atoms with van der Waals surface area (Å²) in [5.41, 5.74) is 5.08. The van der Waals surface area contributed by atoms with Gasteiger partial charge in [0.1, 0.15) is 0 Å². The van der Waals surface area contributed by atoms with Crippen molar-refractivity contribution in [2.24, 2.45) is 0 Å². The van der Waals surface area contributed by atoms with E-state index in [1.165, 1.54) is 23.3 Å². The molecule has 0 bridgehead atoms. The molecule has 136 valence electrons. The minimum Gasteiger partial charge on any atom is -0.326 e. The molecule has 5 nitrogen and oxygen atoms in total. The number of para-hydroxylation sites is 1. The van der Waals surface area contributed by atoms with Crippen molar-refractivity contribution in [3.05, 3.63) is 58.4 Å². The molecule has 1 N–H and O–H groups in total. The van der Waals surface area contributed by atoms with Gasteiger partial charge < -0.3 is 5.32 Å². The monoisotopic (exact) mass is 368 g/mol. The Hall–Kier alpha value is -2.47. The van der Waals surface area contributed by atoms with Crippen LogP contribution in [0.15, 0.2) is 35.7 Å². The largest absolute Gasteiger partial charge is 0.326 e. The topological polar surface area (TPSA) is 59.8 Å². The van der Waals surface area contributed by atoms with Crippen molar-refractivity contribution >= 4 is 22.9 Å². The number of nitrogens with zero attached hydrogens (tertiary/aromatic N) is 3. The maximum Gasteiger partial charge on any atom is 0.230 e. The summed E-state index contributed by atoms with van der Waals surface area (Å²) in [5, 5.41) is 10.3. The van der Waals surface area contributed by atoms with Crippen LogP contribution in [0.25, 0.3) is 5.13 Å². The highest BCUT2D eigenvalue weighted by atomic mass is 32.1. The zero-order valence-electron chi connectivity index (χ0n) is 15.5. The van der Waals surface area contributed by atoms with Crippen LogP contribution in [0.2, 0.25) is 0 Å². The molecule has 1 amide bonds. The van der Waals surface area contributed by atoms with Gasteiger partial charge in [0.15, 0.2) is 0 Å². The van der Waals surface area contributed by atoms with Crippen LogP contribution in [0.3, 0.4) is 0 Å². The first kappa shape index (κ1) is 18.3. The van der Waals surface area contributed by atoms with Crippen molar-refractivity contribution in [1.82, 2.24) is 14.8 Å². The number of thiazole rings is 1. The fourth-order valence-corrected chi connectivity index (χ4v) is 3.77. The van der Waals surface area contributed by atoms with Crippen LogP contribution in [-0.2, 0) is 17.6 Å². The molecule has 0 aliphatic heterocycles. The SMILES string of the molecule is CCCCc1c(C)nn(-c2nc(CC(=O)Nc3ccccc3)cs2)c1C. The lowest BCUT2D eigenvalue weighted by Gasteiger charge is -2.03. The molecule has 2 aromatic heterocycles.